The Labute approximate surface area is 143 Å². The Morgan fingerprint density at radius 1 is 1.08 bits per heavy atom. The van der Waals surface area contributed by atoms with E-state index in [1.54, 1.807) is 16.7 Å². The summed E-state index contributed by atoms with van der Waals surface area (Å²) in [6.07, 6.45) is 0.877. The second kappa shape index (κ2) is 7.83. The second-order valence-corrected chi connectivity index (χ2v) is 6.62. The SMILES string of the molecule is CCOC(=O)N1CCN(C(=O)C2(C(=O)NCCN(C)C)CC2)CC1. The molecule has 2 fully saturated rings. The number of hydrogen-bond acceptors (Lipinski definition) is 5. The molecule has 1 aliphatic heterocycles. The summed E-state index contributed by atoms with van der Waals surface area (Å²) in [5.41, 5.74) is -0.877. The number of nitrogens with zero attached hydrogens (tertiary/aromatic N) is 3. The van der Waals surface area contributed by atoms with Gasteiger partial charge in [-0.2, -0.15) is 0 Å². The maximum absolute atomic E-state index is 12.7. The van der Waals surface area contributed by atoms with Gasteiger partial charge in [-0.25, -0.2) is 4.79 Å². The van der Waals surface area contributed by atoms with Crippen LogP contribution in [-0.4, -0.2) is 92.6 Å². The smallest absolute Gasteiger partial charge is 0.409 e. The highest BCUT2D eigenvalue weighted by atomic mass is 16.6. The molecule has 0 atom stereocenters. The Morgan fingerprint density at radius 3 is 2.17 bits per heavy atom. The van der Waals surface area contributed by atoms with Gasteiger partial charge in [-0.15, -0.1) is 0 Å². The minimum absolute atomic E-state index is 0.103. The van der Waals surface area contributed by atoms with Gasteiger partial charge in [0.2, 0.25) is 11.8 Å². The molecule has 8 nitrogen and oxygen atoms in total. The molecular formula is C16H28N4O4. The molecule has 0 unspecified atom stereocenters. The Bertz CT molecular complexity index is 482. The van der Waals surface area contributed by atoms with Gasteiger partial charge in [-0.05, 0) is 33.9 Å². The average molecular weight is 340 g/mol. The van der Waals surface area contributed by atoms with Crippen LogP contribution < -0.4 is 5.32 Å². The maximum atomic E-state index is 12.7. The van der Waals surface area contributed by atoms with E-state index in [1.807, 2.05) is 19.0 Å². The Hall–Kier alpha value is -1.83. The summed E-state index contributed by atoms with van der Waals surface area (Å²) < 4.78 is 4.97. The van der Waals surface area contributed by atoms with Crippen LogP contribution in [0.25, 0.3) is 0 Å². The number of amides is 3. The lowest BCUT2D eigenvalue weighted by atomic mass is 10.0. The molecule has 2 rings (SSSR count). The monoisotopic (exact) mass is 340 g/mol. The van der Waals surface area contributed by atoms with Crippen LogP contribution in [0, 0.1) is 5.41 Å². The van der Waals surface area contributed by atoms with Crippen molar-refractivity contribution in [3.05, 3.63) is 0 Å². The molecule has 1 aliphatic carbocycles. The minimum atomic E-state index is -0.877. The molecule has 8 heteroatoms. The first-order chi connectivity index (χ1) is 11.4. The van der Waals surface area contributed by atoms with Gasteiger partial charge in [0.25, 0.3) is 0 Å². The van der Waals surface area contributed by atoms with Crippen LogP contribution in [0.5, 0.6) is 0 Å². The zero-order valence-corrected chi connectivity index (χ0v) is 14.8. The van der Waals surface area contributed by atoms with Gasteiger partial charge >= 0.3 is 6.09 Å². The predicted molar refractivity (Wildman–Crippen MR) is 88.4 cm³/mol. The average Bonchev–Trinajstić information content (AvgIpc) is 3.36. The van der Waals surface area contributed by atoms with Crippen LogP contribution in [0.15, 0.2) is 0 Å². The van der Waals surface area contributed by atoms with Crippen molar-refractivity contribution in [3.63, 3.8) is 0 Å². The number of carbonyl (C=O) groups is 3. The maximum Gasteiger partial charge on any atom is 0.409 e. The van der Waals surface area contributed by atoms with E-state index in [0.29, 0.717) is 52.2 Å². The first-order valence-electron chi connectivity index (χ1n) is 8.55. The molecule has 0 bridgehead atoms. The topological polar surface area (TPSA) is 82.2 Å². The van der Waals surface area contributed by atoms with Crippen molar-refractivity contribution >= 4 is 17.9 Å². The van der Waals surface area contributed by atoms with E-state index in [-0.39, 0.29) is 17.9 Å². The lowest BCUT2D eigenvalue weighted by molar-refractivity contribution is -0.145. The fourth-order valence-electron chi connectivity index (χ4n) is 2.83. The van der Waals surface area contributed by atoms with E-state index in [2.05, 4.69) is 5.32 Å². The van der Waals surface area contributed by atoms with E-state index < -0.39 is 5.41 Å². The van der Waals surface area contributed by atoms with Crippen molar-refractivity contribution in [2.45, 2.75) is 19.8 Å². The van der Waals surface area contributed by atoms with Crippen molar-refractivity contribution in [1.29, 1.82) is 0 Å². The molecule has 0 aromatic heterocycles. The third kappa shape index (κ3) is 4.17. The fourth-order valence-corrected chi connectivity index (χ4v) is 2.83. The fraction of sp³-hybridized carbons (Fsp3) is 0.812. The first-order valence-corrected chi connectivity index (χ1v) is 8.55. The van der Waals surface area contributed by atoms with Crippen LogP contribution in [0.1, 0.15) is 19.8 Å². The van der Waals surface area contributed by atoms with Gasteiger partial charge in [0.15, 0.2) is 0 Å². The normalized spacial score (nSPS) is 19.2. The van der Waals surface area contributed by atoms with Crippen LogP contribution in [0.3, 0.4) is 0 Å². The highest BCUT2D eigenvalue weighted by molar-refractivity contribution is 6.07. The molecule has 2 aliphatic rings. The number of nitrogens with one attached hydrogen (secondary N) is 1. The third-order valence-electron chi connectivity index (χ3n) is 4.53. The molecule has 1 heterocycles. The summed E-state index contributed by atoms with van der Waals surface area (Å²) in [5, 5.41) is 2.87. The van der Waals surface area contributed by atoms with Gasteiger partial charge in [0.05, 0.1) is 6.61 Å². The standard InChI is InChI=1S/C16H28N4O4/c1-4-24-15(23)20-11-9-19(10-12-20)14(22)16(5-6-16)13(21)17-7-8-18(2)3/h4-12H2,1-3H3,(H,17,21). The second-order valence-electron chi connectivity index (χ2n) is 6.62. The Balaban J connectivity index is 1.83. The van der Waals surface area contributed by atoms with E-state index in [4.69, 9.17) is 4.74 Å². The first kappa shape index (κ1) is 18.5. The van der Waals surface area contributed by atoms with Crippen molar-refractivity contribution in [2.24, 2.45) is 5.41 Å². The van der Waals surface area contributed by atoms with Gasteiger partial charge < -0.3 is 24.8 Å². The van der Waals surface area contributed by atoms with Gasteiger partial charge in [-0.3, -0.25) is 9.59 Å². The molecule has 3 amide bonds. The molecule has 0 aromatic carbocycles. The number of ether oxygens (including phenoxy) is 1. The zero-order chi connectivity index (χ0) is 17.7. The van der Waals surface area contributed by atoms with Crippen molar-refractivity contribution in [2.75, 3.05) is 60.0 Å². The molecule has 1 saturated heterocycles. The lowest BCUT2D eigenvalue weighted by Gasteiger charge is -2.35. The van der Waals surface area contributed by atoms with Crippen molar-refractivity contribution < 1.29 is 19.1 Å². The molecule has 0 radical (unpaired) electrons. The summed E-state index contributed by atoms with van der Waals surface area (Å²) in [4.78, 5) is 42.1. The number of piperazine rings is 1. The van der Waals surface area contributed by atoms with Gasteiger partial charge in [0.1, 0.15) is 5.41 Å². The van der Waals surface area contributed by atoms with E-state index in [1.165, 1.54) is 0 Å². The molecule has 0 spiro atoms. The summed E-state index contributed by atoms with van der Waals surface area (Å²) >= 11 is 0. The highest BCUT2D eigenvalue weighted by Gasteiger charge is 2.58. The number of hydrogen-bond donors (Lipinski definition) is 1. The van der Waals surface area contributed by atoms with Crippen LogP contribution in [-0.2, 0) is 14.3 Å². The third-order valence-corrected chi connectivity index (χ3v) is 4.53. The van der Waals surface area contributed by atoms with Gasteiger partial charge in [-0.1, -0.05) is 0 Å². The lowest BCUT2D eigenvalue weighted by Crippen LogP contribution is -2.54. The number of carbonyl (C=O) groups excluding carboxylic acids is 3. The summed E-state index contributed by atoms with van der Waals surface area (Å²) in [6.45, 7) is 5.18. The molecule has 0 aromatic rings. The van der Waals surface area contributed by atoms with Crippen LogP contribution in [0.4, 0.5) is 4.79 Å². The predicted octanol–water partition coefficient (Wildman–Crippen LogP) is -0.255. The molecule has 24 heavy (non-hydrogen) atoms. The summed E-state index contributed by atoms with van der Waals surface area (Å²) in [5.74, 6) is -0.268. The zero-order valence-electron chi connectivity index (χ0n) is 14.8. The van der Waals surface area contributed by atoms with Crippen LogP contribution in [0.2, 0.25) is 0 Å². The molecule has 1 saturated carbocycles. The minimum Gasteiger partial charge on any atom is -0.450 e. The number of likely N-dealkylation sites (N-methyl/N-ethyl adjacent to an activating group) is 1. The Morgan fingerprint density at radius 2 is 1.67 bits per heavy atom. The van der Waals surface area contributed by atoms with Crippen molar-refractivity contribution in [3.8, 4) is 0 Å². The quantitative estimate of drug-likeness (QED) is 0.674. The van der Waals surface area contributed by atoms with Crippen LogP contribution >= 0.6 is 0 Å². The highest BCUT2D eigenvalue weighted by Crippen LogP contribution is 2.47. The molecule has 1 N–H and O–H groups in total. The van der Waals surface area contributed by atoms with E-state index >= 15 is 0 Å². The van der Waals surface area contributed by atoms with Crippen molar-refractivity contribution in [1.82, 2.24) is 20.0 Å². The van der Waals surface area contributed by atoms with Gasteiger partial charge in [0, 0.05) is 39.3 Å². The summed E-state index contributed by atoms with van der Waals surface area (Å²) in [6, 6.07) is 0. The largest absolute Gasteiger partial charge is 0.450 e. The Kier molecular flexibility index (Phi) is 6.04. The molecule has 136 valence electrons. The van der Waals surface area contributed by atoms with E-state index in [9.17, 15) is 14.4 Å². The molecular weight excluding hydrogens is 312 g/mol. The summed E-state index contributed by atoms with van der Waals surface area (Å²) in [7, 11) is 3.88. The number of rotatable bonds is 6. The van der Waals surface area contributed by atoms with E-state index in [0.717, 1.165) is 6.54 Å².